The number of fused-ring (bicyclic) bond motifs is 1. The molecule has 1 aromatic carbocycles. The van der Waals surface area contributed by atoms with Crippen molar-refractivity contribution >= 4 is 53.0 Å². The molecule has 0 radical (unpaired) electrons. The monoisotopic (exact) mass is 399 g/mol. The van der Waals surface area contributed by atoms with Crippen LogP contribution in [0.4, 0.5) is 5.69 Å². The largest absolute Gasteiger partial charge is 0.493 e. The Hall–Kier alpha value is -2.25. The lowest BCUT2D eigenvalue weighted by molar-refractivity contribution is -0.132. The zero-order valence-electron chi connectivity index (χ0n) is 14.9. The molecule has 0 bridgehead atoms. The van der Waals surface area contributed by atoms with Crippen LogP contribution in [-0.2, 0) is 11.3 Å². The molecule has 1 saturated heterocycles. The molecule has 7 heteroatoms. The molecule has 2 aromatic rings. The first kappa shape index (κ1) is 18.1. The average molecular weight is 400 g/mol. The Bertz CT molecular complexity index is 981. The number of hydrogen-bond acceptors (Lipinski definition) is 5. The first-order chi connectivity index (χ1) is 13.1. The van der Waals surface area contributed by atoms with Crippen molar-refractivity contribution in [2.75, 3.05) is 13.1 Å². The van der Waals surface area contributed by atoms with Crippen molar-refractivity contribution < 1.29 is 9.90 Å². The topological polar surface area (TPSA) is 57.8 Å². The number of aliphatic imine (C=N–C) groups is 1. The number of aromatic hydroxyl groups is 1. The van der Waals surface area contributed by atoms with Crippen LogP contribution in [0, 0.1) is 3.95 Å². The van der Waals surface area contributed by atoms with Gasteiger partial charge in [0.1, 0.15) is 0 Å². The van der Waals surface area contributed by atoms with Gasteiger partial charge in [-0.25, -0.2) is 0 Å². The Balaban J connectivity index is 1.51. The fourth-order valence-electron chi connectivity index (χ4n) is 3.51. The Morgan fingerprint density at radius 2 is 2.04 bits per heavy atom. The van der Waals surface area contributed by atoms with Crippen LogP contribution in [-0.4, -0.2) is 39.8 Å². The summed E-state index contributed by atoms with van der Waals surface area (Å²) in [4.78, 5) is 19.4. The highest BCUT2D eigenvalue weighted by molar-refractivity contribution is 7.73. The molecule has 1 fully saturated rings. The third-order valence-corrected chi connectivity index (χ3v) is 6.38. The first-order valence-electron chi connectivity index (χ1n) is 9.19. The van der Waals surface area contributed by atoms with Gasteiger partial charge >= 0.3 is 0 Å². The number of benzene rings is 1. The van der Waals surface area contributed by atoms with E-state index in [4.69, 9.17) is 12.2 Å². The minimum Gasteiger partial charge on any atom is -0.493 e. The summed E-state index contributed by atoms with van der Waals surface area (Å²) in [5.74, 6) is 0.265. The molecular weight excluding hydrogens is 378 g/mol. The van der Waals surface area contributed by atoms with Crippen molar-refractivity contribution in [2.24, 2.45) is 4.99 Å². The maximum atomic E-state index is 12.4. The molecule has 5 nitrogen and oxygen atoms in total. The maximum Gasteiger partial charge on any atom is 0.224 e. The molecule has 1 amide bonds. The van der Waals surface area contributed by atoms with Crippen LogP contribution in [0.2, 0.25) is 0 Å². The number of thiazole rings is 1. The van der Waals surface area contributed by atoms with Gasteiger partial charge in [-0.15, -0.1) is 11.3 Å². The van der Waals surface area contributed by atoms with Crippen molar-refractivity contribution in [1.29, 1.82) is 0 Å². The standard InChI is InChI=1S/C20H21N3O2S2/c24-18(22-9-4-1-5-10-22)8-11-23-19(25)17(27-20(23)26)12-14-13-21-16-7-3-2-6-15(14)16/h2-3,6-7,12-13,25H,1,4-5,8-11H2/b14-12+. The van der Waals surface area contributed by atoms with Crippen LogP contribution in [0.15, 0.2) is 29.3 Å². The highest BCUT2D eigenvalue weighted by atomic mass is 32.1. The van der Waals surface area contributed by atoms with Crippen LogP contribution >= 0.6 is 23.6 Å². The van der Waals surface area contributed by atoms with Gasteiger partial charge in [-0.05, 0) is 43.6 Å². The van der Waals surface area contributed by atoms with Gasteiger partial charge in [-0.2, -0.15) is 0 Å². The Kier molecular flexibility index (Phi) is 5.22. The van der Waals surface area contributed by atoms with Gasteiger partial charge in [0.2, 0.25) is 11.8 Å². The molecule has 140 valence electrons. The predicted octanol–water partition coefficient (Wildman–Crippen LogP) is 4.64. The number of piperidine rings is 1. The molecule has 27 heavy (non-hydrogen) atoms. The van der Waals surface area contributed by atoms with Crippen LogP contribution < -0.4 is 0 Å². The fourth-order valence-corrected chi connectivity index (χ4v) is 4.82. The minimum atomic E-state index is 0.127. The summed E-state index contributed by atoms with van der Waals surface area (Å²) >= 11 is 6.78. The molecule has 1 aromatic heterocycles. The number of amides is 1. The second-order valence-corrected chi connectivity index (χ2v) is 8.45. The normalized spacial score (nSPS) is 17.5. The molecule has 0 saturated carbocycles. The van der Waals surface area contributed by atoms with Crippen molar-refractivity contribution in [3.63, 3.8) is 0 Å². The summed E-state index contributed by atoms with van der Waals surface area (Å²) in [7, 11) is 0. The van der Waals surface area contributed by atoms with E-state index in [2.05, 4.69) is 4.99 Å². The molecule has 0 spiro atoms. The SMILES string of the molecule is O=C(CCn1c(O)c(/C=C2\C=Nc3ccccc32)sc1=S)N1CCCCC1. The second-order valence-electron chi connectivity index (χ2n) is 6.77. The van der Waals surface area contributed by atoms with Gasteiger partial charge in [0, 0.05) is 43.4 Å². The summed E-state index contributed by atoms with van der Waals surface area (Å²) in [6, 6.07) is 7.90. The predicted molar refractivity (Wildman–Crippen MR) is 112 cm³/mol. The summed E-state index contributed by atoms with van der Waals surface area (Å²) in [5, 5.41) is 10.6. The number of nitrogens with zero attached hydrogens (tertiary/aromatic N) is 3. The van der Waals surface area contributed by atoms with Gasteiger partial charge in [0.25, 0.3) is 0 Å². The van der Waals surface area contributed by atoms with E-state index >= 15 is 0 Å². The number of carbonyl (C=O) groups is 1. The molecular formula is C20H21N3O2S2. The van der Waals surface area contributed by atoms with E-state index in [1.54, 1.807) is 10.8 Å². The smallest absolute Gasteiger partial charge is 0.224 e. The lowest BCUT2D eigenvalue weighted by Crippen LogP contribution is -2.35. The van der Waals surface area contributed by atoms with Crippen LogP contribution in [0.3, 0.4) is 0 Å². The number of rotatable bonds is 4. The molecule has 1 N–H and O–H groups in total. The summed E-state index contributed by atoms with van der Waals surface area (Å²) in [6.07, 6.45) is 7.43. The van der Waals surface area contributed by atoms with E-state index in [9.17, 15) is 9.90 Å². The molecule has 4 rings (SSSR count). The van der Waals surface area contributed by atoms with Gasteiger partial charge in [-0.1, -0.05) is 18.2 Å². The van der Waals surface area contributed by atoms with Crippen molar-refractivity contribution in [3.05, 3.63) is 38.7 Å². The van der Waals surface area contributed by atoms with E-state index in [-0.39, 0.29) is 11.8 Å². The number of para-hydroxylation sites is 1. The summed E-state index contributed by atoms with van der Waals surface area (Å²) in [5.41, 5.74) is 2.93. The Labute approximate surface area is 167 Å². The summed E-state index contributed by atoms with van der Waals surface area (Å²) in [6.45, 7) is 2.09. The van der Waals surface area contributed by atoms with Gasteiger partial charge in [0.15, 0.2) is 3.95 Å². The zero-order chi connectivity index (χ0) is 18.8. The highest BCUT2D eigenvalue weighted by Gasteiger charge is 2.19. The quantitative estimate of drug-likeness (QED) is 0.762. The van der Waals surface area contributed by atoms with E-state index < -0.39 is 0 Å². The van der Waals surface area contributed by atoms with Gasteiger partial charge in [-0.3, -0.25) is 14.4 Å². The lowest BCUT2D eigenvalue weighted by atomic mass is 10.1. The van der Waals surface area contributed by atoms with Crippen molar-refractivity contribution in [1.82, 2.24) is 9.47 Å². The van der Waals surface area contributed by atoms with Crippen LogP contribution in [0.5, 0.6) is 5.88 Å². The maximum absolute atomic E-state index is 12.4. The number of allylic oxidation sites excluding steroid dienone is 1. The van der Waals surface area contributed by atoms with E-state index in [0.29, 0.717) is 21.8 Å². The van der Waals surface area contributed by atoms with Crippen LogP contribution in [0.1, 0.15) is 36.1 Å². The zero-order valence-corrected chi connectivity index (χ0v) is 16.6. The van der Waals surface area contributed by atoms with E-state index in [0.717, 1.165) is 42.8 Å². The van der Waals surface area contributed by atoms with E-state index in [1.807, 2.05) is 35.2 Å². The second kappa shape index (κ2) is 7.78. The summed E-state index contributed by atoms with van der Waals surface area (Å²) < 4.78 is 2.24. The van der Waals surface area contributed by atoms with Gasteiger partial charge in [0.05, 0.1) is 10.6 Å². The number of likely N-dealkylation sites (tertiary alicyclic amines) is 1. The third-order valence-electron chi connectivity index (χ3n) is 5.00. The molecule has 0 atom stereocenters. The number of carbonyl (C=O) groups excluding carboxylic acids is 1. The lowest BCUT2D eigenvalue weighted by Gasteiger charge is -2.26. The average Bonchev–Trinajstić information content (AvgIpc) is 3.22. The van der Waals surface area contributed by atoms with E-state index in [1.165, 1.54) is 17.8 Å². The van der Waals surface area contributed by atoms with Crippen molar-refractivity contribution in [3.8, 4) is 5.88 Å². The number of aromatic nitrogens is 1. The number of hydrogen-bond donors (Lipinski definition) is 1. The molecule has 2 aliphatic rings. The molecule has 0 unspecified atom stereocenters. The Morgan fingerprint density at radius 3 is 2.85 bits per heavy atom. The molecule has 0 aliphatic carbocycles. The highest BCUT2D eigenvalue weighted by Crippen LogP contribution is 2.35. The van der Waals surface area contributed by atoms with Crippen LogP contribution in [0.25, 0.3) is 11.6 Å². The Morgan fingerprint density at radius 1 is 1.26 bits per heavy atom. The van der Waals surface area contributed by atoms with Crippen molar-refractivity contribution in [2.45, 2.75) is 32.2 Å². The first-order valence-corrected chi connectivity index (χ1v) is 10.4. The van der Waals surface area contributed by atoms with Gasteiger partial charge < -0.3 is 10.0 Å². The third kappa shape index (κ3) is 3.75. The molecule has 3 heterocycles. The fraction of sp³-hybridized carbons (Fsp3) is 0.350. The molecule has 2 aliphatic heterocycles. The minimum absolute atomic E-state index is 0.127.